The van der Waals surface area contributed by atoms with Gasteiger partial charge in [-0.2, -0.15) is 0 Å². The van der Waals surface area contributed by atoms with Crippen LogP contribution in [0.2, 0.25) is 0 Å². The fourth-order valence-electron chi connectivity index (χ4n) is 4.53. The summed E-state index contributed by atoms with van der Waals surface area (Å²) in [6, 6.07) is 13.7. The van der Waals surface area contributed by atoms with Gasteiger partial charge in [-0.05, 0) is 42.0 Å². The van der Waals surface area contributed by atoms with Crippen LogP contribution in [0.4, 0.5) is 0 Å². The molecule has 3 nitrogen and oxygen atoms in total. The molecule has 0 radical (unpaired) electrons. The number of ketones is 1. The Morgan fingerprint density at radius 2 is 1.76 bits per heavy atom. The Morgan fingerprint density at radius 3 is 2.52 bits per heavy atom. The topological polar surface area (TPSA) is 35.5 Å². The van der Waals surface area contributed by atoms with Gasteiger partial charge >= 0.3 is 0 Å². The van der Waals surface area contributed by atoms with Crippen LogP contribution in [0.25, 0.3) is 11.1 Å². The fraction of sp³-hybridized carbons (Fsp3) is 0.500. The van der Waals surface area contributed by atoms with Crippen molar-refractivity contribution in [3.8, 4) is 22.6 Å². The average Bonchev–Trinajstić information content (AvgIpc) is 3.02. The maximum absolute atomic E-state index is 12.9. The van der Waals surface area contributed by atoms with Gasteiger partial charge in [0.1, 0.15) is 11.5 Å². The number of hydrogen-bond acceptors (Lipinski definition) is 3. The monoisotopic (exact) mass is 394 g/mol. The Kier molecular flexibility index (Phi) is 7.74. The van der Waals surface area contributed by atoms with E-state index in [-0.39, 0.29) is 5.78 Å². The van der Waals surface area contributed by atoms with E-state index in [1.165, 1.54) is 38.5 Å². The predicted molar refractivity (Wildman–Crippen MR) is 119 cm³/mol. The molecule has 1 aliphatic rings. The number of benzene rings is 2. The molecule has 0 heterocycles. The molecule has 156 valence electrons. The van der Waals surface area contributed by atoms with E-state index in [2.05, 4.69) is 6.92 Å². The molecule has 1 saturated carbocycles. The van der Waals surface area contributed by atoms with Crippen LogP contribution in [-0.2, 0) is 0 Å². The van der Waals surface area contributed by atoms with Crippen molar-refractivity contribution >= 4 is 5.78 Å². The van der Waals surface area contributed by atoms with E-state index in [1.54, 1.807) is 14.2 Å². The molecule has 2 unspecified atom stereocenters. The number of carbonyl (C=O) groups is 1. The maximum atomic E-state index is 12.9. The highest BCUT2D eigenvalue weighted by atomic mass is 16.5. The predicted octanol–water partition coefficient (Wildman–Crippen LogP) is 6.94. The summed E-state index contributed by atoms with van der Waals surface area (Å²) in [5.41, 5.74) is 2.76. The van der Waals surface area contributed by atoms with Crippen LogP contribution >= 0.6 is 0 Å². The first-order chi connectivity index (χ1) is 14.1. The van der Waals surface area contributed by atoms with Gasteiger partial charge < -0.3 is 9.47 Å². The summed E-state index contributed by atoms with van der Waals surface area (Å²) >= 11 is 0. The third-order valence-electron chi connectivity index (χ3n) is 6.47. The molecule has 0 amide bonds. The third kappa shape index (κ3) is 5.62. The summed E-state index contributed by atoms with van der Waals surface area (Å²) in [5, 5.41) is 0. The minimum Gasteiger partial charge on any atom is -0.497 e. The number of rotatable bonds is 8. The van der Waals surface area contributed by atoms with Crippen molar-refractivity contribution in [1.82, 2.24) is 0 Å². The molecule has 0 saturated heterocycles. The highest BCUT2D eigenvalue weighted by Gasteiger charge is 2.19. The van der Waals surface area contributed by atoms with Crippen LogP contribution in [0, 0.1) is 11.8 Å². The third-order valence-corrected chi connectivity index (χ3v) is 6.47. The van der Waals surface area contributed by atoms with Crippen LogP contribution in [-0.4, -0.2) is 20.0 Å². The van der Waals surface area contributed by atoms with E-state index in [4.69, 9.17) is 9.47 Å². The largest absolute Gasteiger partial charge is 0.497 e. The molecule has 2 atom stereocenters. The second-order valence-corrected chi connectivity index (χ2v) is 8.26. The molecular formula is C26H34O3. The van der Waals surface area contributed by atoms with E-state index < -0.39 is 0 Å². The summed E-state index contributed by atoms with van der Waals surface area (Å²) in [4.78, 5) is 12.9. The highest BCUT2D eigenvalue weighted by molar-refractivity contribution is 5.97. The van der Waals surface area contributed by atoms with Gasteiger partial charge in [0.15, 0.2) is 5.78 Å². The van der Waals surface area contributed by atoms with Crippen LogP contribution in [0.3, 0.4) is 0 Å². The molecule has 0 bridgehead atoms. The Hall–Kier alpha value is -2.29. The first-order valence-electron chi connectivity index (χ1n) is 11.0. The lowest BCUT2D eigenvalue weighted by atomic mass is 9.91. The molecule has 3 heteroatoms. The van der Waals surface area contributed by atoms with Gasteiger partial charge in [0.2, 0.25) is 0 Å². The van der Waals surface area contributed by atoms with Crippen molar-refractivity contribution in [3.63, 3.8) is 0 Å². The van der Waals surface area contributed by atoms with E-state index in [0.29, 0.717) is 12.3 Å². The number of carbonyl (C=O) groups excluding carboxylic acids is 1. The minimum atomic E-state index is 0.246. The van der Waals surface area contributed by atoms with E-state index >= 15 is 0 Å². The molecule has 1 fully saturated rings. The van der Waals surface area contributed by atoms with Gasteiger partial charge in [-0.3, -0.25) is 4.79 Å². The smallest absolute Gasteiger partial charge is 0.162 e. The average molecular weight is 395 g/mol. The molecule has 0 aliphatic heterocycles. The van der Waals surface area contributed by atoms with Crippen LogP contribution in [0.1, 0.15) is 68.6 Å². The second-order valence-electron chi connectivity index (χ2n) is 8.26. The summed E-state index contributed by atoms with van der Waals surface area (Å²) in [6.45, 7) is 2.30. The van der Waals surface area contributed by atoms with Gasteiger partial charge in [0.25, 0.3) is 0 Å². The van der Waals surface area contributed by atoms with E-state index in [1.807, 2.05) is 42.5 Å². The van der Waals surface area contributed by atoms with Crippen molar-refractivity contribution in [2.45, 2.75) is 58.3 Å². The minimum absolute atomic E-state index is 0.246. The number of ether oxygens (including phenoxy) is 2. The van der Waals surface area contributed by atoms with Crippen molar-refractivity contribution in [2.75, 3.05) is 14.2 Å². The summed E-state index contributed by atoms with van der Waals surface area (Å²) < 4.78 is 10.8. The summed E-state index contributed by atoms with van der Waals surface area (Å²) in [5.74, 6) is 3.35. The zero-order valence-corrected chi connectivity index (χ0v) is 18.1. The van der Waals surface area contributed by atoms with Crippen LogP contribution in [0.15, 0.2) is 42.5 Å². The fourth-order valence-corrected chi connectivity index (χ4v) is 4.53. The van der Waals surface area contributed by atoms with Crippen molar-refractivity contribution in [1.29, 1.82) is 0 Å². The first kappa shape index (κ1) is 21.4. The lowest BCUT2D eigenvalue weighted by Crippen LogP contribution is -2.05. The van der Waals surface area contributed by atoms with Gasteiger partial charge in [0.05, 0.1) is 14.2 Å². The van der Waals surface area contributed by atoms with Gasteiger partial charge in [-0.1, -0.05) is 63.6 Å². The first-order valence-corrected chi connectivity index (χ1v) is 11.0. The molecule has 0 spiro atoms. The standard InChI is InChI=1S/C26H34O3/c1-4-19-7-5-8-20(12-11-19)13-16-25(27)22-10-6-9-21(17-22)24-15-14-23(28-2)18-26(24)29-3/h6,9-10,14-15,17-20H,4-5,7-8,11-13,16H2,1-3H3. The molecule has 0 N–H and O–H groups in total. The van der Waals surface area contributed by atoms with Crippen molar-refractivity contribution in [2.24, 2.45) is 11.8 Å². The SMILES string of the molecule is CCC1CCCC(CCC(=O)c2cccc(-c3ccc(OC)cc3OC)c2)CC1. The van der Waals surface area contributed by atoms with Gasteiger partial charge in [0, 0.05) is 23.6 Å². The van der Waals surface area contributed by atoms with E-state index in [0.717, 1.165) is 40.5 Å². The van der Waals surface area contributed by atoms with Gasteiger partial charge in [-0.25, -0.2) is 0 Å². The highest BCUT2D eigenvalue weighted by Crippen LogP contribution is 2.34. The van der Waals surface area contributed by atoms with Crippen molar-refractivity contribution < 1.29 is 14.3 Å². The summed E-state index contributed by atoms with van der Waals surface area (Å²) in [7, 11) is 3.30. The Bertz CT molecular complexity index is 811. The Morgan fingerprint density at radius 1 is 0.966 bits per heavy atom. The molecule has 2 aromatic rings. The second kappa shape index (κ2) is 10.5. The zero-order chi connectivity index (χ0) is 20.6. The van der Waals surface area contributed by atoms with Crippen LogP contribution < -0.4 is 9.47 Å². The van der Waals surface area contributed by atoms with Gasteiger partial charge in [-0.15, -0.1) is 0 Å². The number of Topliss-reactive ketones (excluding diaryl/α,β-unsaturated/α-hetero) is 1. The molecule has 3 rings (SSSR count). The quantitative estimate of drug-likeness (QED) is 0.359. The number of hydrogen-bond donors (Lipinski definition) is 0. The molecular weight excluding hydrogens is 360 g/mol. The normalized spacial score (nSPS) is 19.4. The number of methoxy groups -OCH3 is 2. The lowest BCUT2D eigenvalue weighted by Gasteiger charge is -2.14. The summed E-state index contributed by atoms with van der Waals surface area (Å²) in [6.07, 6.45) is 9.56. The molecule has 2 aromatic carbocycles. The Balaban J connectivity index is 1.67. The molecule has 0 aromatic heterocycles. The molecule has 29 heavy (non-hydrogen) atoms. The Labute approximate surface area is 175 Å². The zero-order valence-electron chi connectivity index (χ0n) is 18.1. The van der Waals surface area contributed by atoms with E-state index in [9.17, 15) is 4.79 Å². The molecule has 1 aliphatic carbocycles. The van der Waals surface area contributed by atoms with Crippen LogP contribution in [0.5, 0.6) is 11.5 Å². The maximum Gasteiger partial charge on any atom is 0.162 e. The lowest BCUT2D eigenvalue weighted by molar-refractivity contribution is 0.0972. The van der Waals surface area contributed by atoms with Crippen molar-refractivity contribution in [3.05, 3.63) is 48.0 Å².